The van der Waals surface area contributed by atoms with E-state index in [1.54, 1.807) is 18.3 Å². The highest BCUT2D eigenvalue weighted by Gasteiger charge is 2.46. The van der Waals surface area contributed by atoms with Crippen molar-refractivity contribution in [3.63, 3.8) is 0 Å². The third-order valence-electron chi connectivity index (χ3n) is 8.71. The van der Waals surface area contributed by atoms with Crippen molar-refractivity contribution < 1.29 is 47.7 Å². The van der Waals surface area contributed by atoms with Gasteiger partial charge in [0.15, 0.2) is 0 Å². The molecule has 52 heavy (non-hydrogen) atoms. The van der Waals surface area contributed by atoms with Gasteiger partial charge in [-0.1, -0.05) is 18.2 Å². The van der Waals surface area contributed by atoms with Crippen molar-refractivity contribution in [2.24, 2.45) is 0 Å². The second kappa shape index (κ2) is 17.8. The van der Waals surface area contributed by atoms with Crippen LogP contribution in [0.15, 0.2) is 54.9 Å². The molecule has 4 aromatic rings. The summed E-state index contributed by atoms with van der Waals surface area (Å²) in [5.74, 6) is -2.11. The summed E-state index contributed by atoms with van der Waals surface area (Å²) in [5.41, 5.74) is 3.42. The van der Waals surface area contributed by atoms with Crippen molar-refractivity contribution >= 4 is 51.3 Å². The molecule has 2 aromatic carbocycles. The van der Waals surface area contributed by atoms with E-state index in [0.717, 1.165) is 32.3 Å². The number of ether oxygens (including phenoxy) is 5. The molecule has 1 saturated heterocycles. The Labute approximate surface area is 299 Å². The maximum atomic E-state index is 13.1. The van der Waals surface area contributed by atoms with Crippen molar-refractivity contribution in [2.45, 2.75) is 31.7 Å². The molecule has 1 atom stereocenters. The molecule has 1 fully saturated rings. The summed E-state index contributed by atoms with van der Waals surface area (Å²) in [5, 5.41) is 7.27. The van der Waals surface area contributed by atoms with Gasteiger partial charge in [0.05, 0.1) is 64.0 Å². The minimum atomic E-state index is -1.04. The molecule has 0 spiro atoms. The number of aromatic amines is 1. The van der Waals surface area contributed by atoms with Crippen LogP contribution < -0.4 is 15.4 Å². The first-order chi connectivity index (χ1) is 25.4. The van der Waals surface area contributed by atoms with Gasteiger partial charge in [0.2, 0.25) is 17.7 Å². The Hall–Kier alpha value is -5.22. The standard InChI is InChI=1S/C37H41N5O10/c43-32(8-5-24-4-6-25-27-23-38-11-10-28(27)40-29(25)22-24)39-12-13-48-14-15-49-16-17-50-18-19-51-20-21-52-31-3-1-2-26-34(31)37(47)42(36(26)46)30-7-9-33(44)41-35(30)45/h1-4,6,10-11,22-23,30,40H,5,7-9,12-21H2,(H,39,43)(H,41,44,45). The monoisotopic (exact) mass is 715 g/mol. The van der Waals surface area contributed by atoms with Gasteiger partial charge in [-0.3, -0.25) is 39.2 Å². The fraction of sp³-hybridized carbons (Fsp3) is 0.405. The zero-order valence-corrected chi connectivity index (χ0v) is 28.6. The molecule has 0 bridgehead atoms. The summed E-state index contributed by atoms with van der Waals surface area (Å²) in [6.07, 6.45) is 4.78. The number of aryl methyl sites for hydroxylation is 1. The summed E-state index contributed by atoms with van der Waals surface area (Å²) in [6.45, 7) is 3.43. The quantitative estimate of drug-likeness (QED) is 0.0901. The number of carbonyl (C=O) groups excluding carboxylic acids is 5. The van der Waals surface area contributed by atoms with Gasteiger partial charge in [-0.05, 0) is 42.7 Å². The largest absolute Gasteiger partial charge is 0.490 e. The smallest absolute Gasteiger partial charge is 0.266 e. The highest BCUT2D eigenvalue weighted by Crippen LogP contribution is 2.33. The molecule has 5 amide bonds. The molecule has 2 aliphatic heterocycles. The lowest BCUT2D eigenvalue weighted by atomic mass is 10.0. The van der Waals surface area contributed by atoms with Gasteiger partial charge in [0, 0.05) is 53.6 Å². The van der Waals surface area contributed by atoms with Crippen molar-refractivity contribution in [3.8, 4) is 5.75 Å². The maximum Gasteiger partial charge on any atom is 0.266 e. The highest BCUT2D eigenvalue weighted by atomic mass is 16.6. The lowest BCUT2D eigenvalue weighted by Gasteiger charge is -2.27. The third-order valence-corrected chi connectivity index (χ3v) is 8.71. The van der Waals surface area contributed by atoms with E-state index in [9.17, 15) is 24.0 Å². The van der Waals surface area contributed by atoms with Crippen LogP contribution in [0.5, 0.6) is 5.75 Å². The number of nitrogens with one attached hydrogen (secondary N) is 3. The van der Waals surface area contributed by atoms with Crippen LogP contribution in [0.2, 0.25) is 0 Å². The summed E-state index contributed by atoms with van der Waals surface area (Å²) >= 11 is 0. The van der Waals surface area contributed by atoms with Gasteiger partial charge in [-0.2, -0.15) is 0 Å². The van der Waals surface area contributed by atoms with E-state index in [-0.39, 0.29) is 48.8 Å². The number of benzene rings is 2. The van der Waals surface area contributed by atoms with Gasteiger partial charge in [-0.15, -0.1) is 0 Å². The molecule has 2 aliphatic rings. The van der Waals surface area contributed by atoms with E-state index in [1.165, 1.54) is 6.07 Å². The van der Waals surface area contributed by atoms with E-state index in [1.807, 2.05) is 18.3 Å². The van der Waals surface area contributed by atoms with Crippen LogP contribution in [0, 0.1) is 0 Å². The lowest BCUT2D eigenvalue weighted by Crippen LogP contribution is -2.54. The van der Waals surface area contributed by atoms with Gasteiger partial charge < -0.3 is 34.0 Å². The fourth-order valence-corrected chi connectivity index (χ4v) is 6.13. The fourth-order valence-electron chi connectivity index (χ4n) is 6.13. The number of rotatable bonds is 20. The first kappa shape index (κ1) is 36.6. The number of pyridine rings is 1. The Morgan fingerprint density at radius 2 is 1.56 bits per heavy atom. The first-order valence-corrected chi connectivity index (χ1v) is 17.3. The number of H-pyrrole nitrogens is 1. The minimum absolute atomic E-state index is 0.0249. The summed E-state index contributed by atoms with van der Waals surface area (Å²) in [6, 6.07) is 11.8. The molecular formula is C37H41N5O10. The van der Waals surface area contributed by atoms with Crippen molar-refractivity contribution in [3.05, 3.63) is 71.5 Å². The zero-order valence-electron chi connectivity index (χ0n) is 28.6. The highest BCUT2D eigenvalue weighted by molar-refractivity contribution is 6.24. The Morgan fingerprint density at radius 1 is 0.827 bits per heavy atom. The summed E-state index contributed by atoms with van der Waals surface area (Å²) < 4.78 is 27.8. The van der Waals surface area contributed by atoms with E-state index >= 15 is 0 Å². The molecule has 0 aliphatic carbocycles. The van der Waals surface area contributed by atoms with Crippen LogP contribution >= 0.6 is 0 Å². The maximum absolute atomic E-state index is 13.1. The summed E-state index contributed by atoms with van der Waals surface area (Å²) in [7, 11) is 0. The van der Waals surface area contributed by atoms with Crippen molar-refractivity contribution in [1.29, 1.82) is 0 Å². The number of fused-ring (bicyclic) bond motifs is 4. The lowest BCUT2D eigenvalue weighted by molar-refractivity contribution is -0.136. The normalized spacial score (nSPS) is 15.8. The molecule has 2 aromatic heterocycles. The number of aromatic nitrogens is 2. The number of imide groups is 2. The average Bonchev–Trinajstić information content (AvgIpc) is 3.64. The Bertz CT molecular complexity index is 1930. The minimum Gasteiger partial charge on any atom is -0.490 e. The predicted octanol–water partition coefficient (Wildman–Crippen LogP) is 2.31. The van der Waals surface area contributed by atoms with Crippen LogP contribution in [0.4, 0.5) is 0 Å². The Balaban J connectivity index is 0.747. The van der Waals surface area contributed by atoms with Crippen LogP contribution in [0.25, 0.3) is 21.8 Å². The molecule has 15 nitrogen and oxygen atoms in total. The Kier molecular flexibility index (Phi) is 12.5. The molecule has 274 valence electrons. The van der Waals surface area contributed by atoms with E-state index in [0.29, 0.717) is 65.6 Å². The average molecular weight is 716 g/mol. The zero-order chi connectivity index (χ0) is 36.3. The number of nitrogens with zero attached hydrogens (tertiary/aromatic N) is 2. The molecule has 4 heterocycles. The molecular weight excluding hydrogens is 674 g/mol. The predicted molar refractivity (Wildman–Crippen MR) is 187 cm³/mol. The number of hydrogen-bond donors (Lipinski definition) is 3. The second-order valence-electron chi connectivity index (χ2n) is 12.2. The molecule has 0 radical (unpaired) electrons. The van der Waals surface area contributed by atoms with Crippen molar-refractivity contribution in [1.82, 2.24) is 25.5 Å². The van der Waals surface area contributed by atoms with Crippen LogP contribution in [0.1, 0.15) is 45.5 Å². The molecule has 15 heteroatoms. The van der Waals surface area contributed by atoms with Gasteiger partial charge in [0.25, 0.3) is 11.8 Å². The number of amides is 5. The van der Waals surface area contributed by atoms with E-state index < -0.39 is 29.7 Å². The molecule has 0 saturated carbocycles. The van der Waals surface area contributed by atoms with Crippen LogP contribution in [-0.2, 0) is 39.8 Å². The summed E-state index contributed by atoms with van der Waals surface area (Å²) in [4.78, 5) is 70.6. The van der Waals surface area contributed by atoms with Gasteiger partial charge >= 0.3 is 0 Å². The molecule has 6 rings (SSSR count). The molecule has 3 N–H and O–H groups in total. The third kappa shape index (κ3) is 8.98. The van der Waals surface area contributed by atoms with Crippen molar-refractivity contribution in [2.75, 3.05) is 66.0 Å². The van der Waals surface area contributed by atoms with E-state index in [4.69, 9.17) is 23.7 Å². The van der Waals surface area contributed by atoms with Gasteiger partial charge in [-0.25, -0.2) is 0 Å². The molecule has 1 unspecified atom stereocenters. The van der Waals surface area contributed by atoms with Crippen LogP contribution in [-0.4, -0.2) is 116 Å². The first-order valence-electron chi connectivity index (χ1n) is 17.3. The number of piperidine rings is 1. The second-order valence-corrected chi connectivity index (χ2v) is 12.2. The van der Waals surface area contributed by atoms with E-state index in [2.05, 4.69) is 32.7 Å². The topological polar surface area (TPSA) is 187 Å². The van der Waals surface area contributed by atoms with Crippen LogP contribution in [0.3, 0.4) is 0 Å². The number of hydrogen-bond acceptors (Lipinski definition) is 11. The Morgan fingerprint density at radius 3 is 2.31 bits per heavy atom. The number of carbonyl (C=O) groups is 5. The SMILES string of the molecule is O=C(CCc1ccc2c(c1)[nH]c1ccncc12)NCCOCCOCCOCCOCCOc1cccc2c1C(=O)N(C1CCC(=O)NC1=O)C2=O. The van der Waals surface area contributed by atoms with Gasteiger partial charge in [0.1, 0.15) is 18.4 Å².